The minimum atomic E-state index is 0. The molecule has 106 valence electrons. The summed E-state index contributed by atoms with van der Waals surface area (Å²) in [6.07, 6.45) is 3.24. The molecule has 0 spiro atoms. The number of nitrogens with zero attached hydrogens (tertiary/aromatic N) is 2. The molecule has 2 N–H and O–H groups in total. The normalized spacial score (nSPS) is 12.7. The molecule has 5 heteroatoms. The van der Waals surface area contributed by atoms with E-state index in [-0.39, 0.29) is 12.4 Å². The van der Waals surface area contributed by atoms with Crippen LogP contribution in [0.15, 0.2) is 30.3 Å². The van der Waals surface area contributed by atoms with E-state index < -0.39 is 0 Å². The van der Waals surface area contributed by atoms with Gasteiger partial charge in [0.2, 0.25) is 0 Å². The zero-order valence-electron chi connectivity index (χ0n) is 11.2. The van der Waals surface area contributed by atoms with Crippen LogP contribution in [0.4, 0.5) is 0 Å². The van der Waals surface area contributed by atoms with E-state index in [0.717, 1.165) is 42.2 Å². The molecule has 0 bridgehead atoms. The van der Waals surface area contributed by atoms with Gasteiger partial charge in [0.1, 0.15) is 12.4 Å². The second kappa shape index (κ2) is 6.68. The highest BCUT2D eigenvalue weighted by Gasteiger charge is 2.18. The molecule has 1 heterocycles. The van der Waals surface area contributed by atoms with Gasteiger partial charge in [0.05, 0.1) is 5.69 Å². The summed E-state index contributed by atoms with van der Waals surface area (Å²) in [5.41, 5.74) is 9.16. The molecule has 0 fully saturated rings. The second-order valence-electron chi connectivity index (χ2n) is 4.67. The van der Waals surface area contributed by atoms with Gasteiger partial charge in [-0.3, -0.25) is 0 Å². The van der Waals surface area contributed by atoms with E-state index in [1.807, 2.05) is 30.3 Å². The van der Waals surface area contributed by atoms with Crippen molar-refractivity contribution in [3.05, 3.63) is 53.1 Å². The maximum Gasteiger partial charge on any atom is 0.166 e. The molecular formula is C15H18ClN3O. The van der Waals surface area contributed by atoms with Gasteiger partial charge in [-0.2, -0.15) is 0 Å². The predicted molar refractivity (Wildman–Crippen MR) is 80.0 cm³/mol. The molecule has 0 unspecified atom stereocenters. The fourth-order valence-electron chi connectivity index (χ4n) is 2.46. The monoisotopic (exact) mass is 291 g/mol. The van der Waals surface area contributed by atoms with Crippen molar-refractivity contribution in [1.29, 1.82) is 0 Å². The number of hydrogen-bond donors (Lipinski definition) is 1. The summed E-state index contributed by atoms with van der Waals surface area (Å²) in [5.74, 6) is 1.56. The van der Waals surface area contributed by atoms with Crippen LogP contribution >= 0.6 is 12.4 Å². The summed E-state index contributed by atoms with van der Waals surface area (Å²) in [6, 6.07) is 9.72. The number of aromatic nitrogens is 2. The number of para-hydroxylation sites is 1. The Bertz CT molecular complexity index is 575. The zero-order valence-corrected chi connectivity index (χ0v) is 12.0. The average Bonchev–Trinajstić information content (AvgIpc) is 2.93. The Kier molecular flexibility index (Phi) is 4.93. The van der Waals surface area contributed by atoms with Gasteiger partial charge in [0.25, 0.3) is 0 Å². The van der Waals surface area contributed by atoms with E-state index in [1.54, 1.807) is 0 Å². The molecule has 0 atom stereocenters. The molecule has 1 aromatic carbocycles. The van der Waals surface area contributed by atoms with Gasteiger partial charge < -0.3 is 10.5 Å². The topological polar surface area (TPSA) is 61.0 Å². The number of hydrogen-bond acceptors (Lipinski definition) is 4. The maximum absolute atomic E-state index is 5.77. The summed E-state index contributed by atoms with van der Waals surface area (Å²) in [5, 5.41) is 0. The van der Waals surface area contributed by atoms with Crippen molar-refractivity contribution in [2.75, 3.05) is 0 Å². The van der Waals surface area contributed by atoms with Crippen molar-refractivity contribution in [3.8, 4) is 5.75 Å². The number of nitrogens with two attached hydrogens (primary N) is 1. The molecule has 3 rings (SSSR count). The second-order valence-corrected chi connectivity index (χ2v) is 4.67. The van der Waals surface area contributed by atoms with Crippen LogP contribution in [0.1, 0.15) is 29.2 Å². The van der Waals surface area contributed by atoms with E-state index in [2.05, 4.69) is 9.97 Å². The quantitative estimate of drug-likeness (QED) is 0.940. The van der Waals surface area contributed by atoms with E-state index in [1.165, 1.54) is 5.56 Å². The van der Waals surface area contributed by atoms with Crippen molar-refractivity contribution in [3.63, 3.8) is 0 Å². The lowest BCUT2D eigenvalue weighted by molar-refractivity contribution is 0.295. The van der Waals surface area contributed by atoms with E-state index in [9.17, 15) is 0 Å². The van der Waals surface area contributed by atoms with Gasteiger partial charge >= 0.3 is 0 Å². The number of rotatable bonds is 4. The molecule has 4 nitrogen and oxygen atoms in total. The van der Waals surface area contributed by atoms with Crippen molar-refractivity contribution in [2.45, 2.75) is 32.4 Å². The molecule has 1 aliphatic rings. The molecule has 1 aromatic heterocycles. The summed E-state index contributed by atoms with van der Waals surface area (Å²) < 4.78 is 5.69. The van der Waals surface area contributed by atoms with Gasteiger partial charge in [-0.05, 0) is 37.0 Å². The van der Waals surface area contributed by atoms with Crippen molar-refractivity contribution >= 4 is 12.4 Å². The van der Waals surface area contributed by atoms with Gasteiger partial charge in [-0.15, -0.1) is 12.4 Å². The van der Waals surface area contributed by atoms with Gasteiger partial charge in [-0.1, -0.05) is 18.2 Å². The largest absolute Gasteiger partial charge is 0.486 e. The van der Waals surface area contributed by atoms with Gasteiger partial charge in [0.15, 0.2) is 5.82 Å². The first-order valence-electron chi connectivity index (χ1n) is 6.62. The molecule has 0 aliphatic heterocycles. The predicted octanol–water partition coefficient (Wildman–Crippen LogP) is 2.42. The van der Waals surface area contributed by atoms with Crippen LogP contribution in [0.2, 0.25) is 0 Å². The standard InChI is InChI=1S/C15H17N3O.ClH/c16-9-14-12-7-4-8-13(12)17-15(18-14)10-19-11-5-2-1-3-6-11;/h1-3,5-6H,4,7-10,16H2;1H. The highest BCUT2D eigenvalue weighted by Crippen LogP contribution is 2.23. The first-order valence-corrected chi connectivity index (χ1v) is 6.62. The Morgan fingerprint density at radius 1 is 1.10 bits per heavy atom. The Hall–Kier alpha value is -1.65. The third-order valence-electron chi connectivity index (χ3n) is 3.37. The molecule has 0 saturated heterocycles. The van der Waals surface area contributed by atoms with Crippen molar-refractivity contribution in [2.24, 2.45) is 5.73 Å². The van der Waals surface area contributed by atoms with Crippen LogP contribution in [0.25, 0.3) is 0 Å². The Morgan fingerprint density at radius 2 is 1.90 bits per heavy atom. The summed E-state index contributed by atoms with van der Waals surface area (Å²) in [4.78, 5) is 9.10. The first-order chi connectivity index (χ1) is 9.36. The number of halogens is 1. The molecule has 0 saturated carbocycles. The Morgan fingerprint density at radius 3 is 2.65 bits per heavy atom. The van der Waals surface area contributed by atoms with Gasteiger partial charge in [-0.25, -0.2) is 9.97 Å². The number of fused-ring (bicyclic) bond motifs is 1. The zero-order chi connectivity index (χ0) is 13.1. The number of benzene rings is 1. The minimum Gasteiger partial charge on any atom is -0.486 e. The van der Waals surface area contributed by atoms with Crippen LogP contribution < -0.4 is 10.5 Å². The number of aryl methyl sites for hydroxylation is 1. The molecule has 0 amide bonds. The SMILES string of the molecule is Cl.NCc1nc(COc2ccccc2)nc2c1CCC2. The van der Waals surface area contributed by atoms with Crippen molar-refractivity contribution in [1.82, 2.24) is 9.97 Å². The molecule has 0 radical (unpaired) electrons. The Balaban J connectivity index is 0.00000147. The average molecular weight is 292 g/mol. The maximum atomic E-state index is 5.77. The smallest absolute Gasteiger partial charge is 0.166 e. The molecule has 1 aliphatic carbocycles. The summed E-state index contributed by atoms with van der Waals surface area (Å²) in [6.45, 7) is 0.869. The van der Waals surface area contributed by atoms with E-state index in [4.69, 9.17) is 10.5 Å². The molecule has 2 aromatic rings. The van der Waals surface area contributed by atoms with E-state index in [0.29, 0.717) is 13.2 Å². The highest BCUT2D eigenvalue weighted by atomic mass is 35.5. The molecular weight excluding hydrogens is 274 g/mol. The summed E-state index contributed by atoms with van der Waals surface area (Å²) in [7, 11) is 0. The minimum absolute atomic E-state index is 0. The first kappa shape index (κ1) is 14.8. The van der Waals surface area contributed by atoms with E-state index >= 15 is 0 Å². The third-order valence-corrected chi connectivity index (χ3v) is 3.37. The van der Waals surface area contributed by atoms with Crippen molar-refractivity contribution < 1.29 is 4.74 Å². The fraction of sp³-hybridized carbons (Fsp3) is 0.333. The van der Waals surface area contributed by atoms with Crippen LogP contribution in [0.5, 0.6) is 5.75 Å². The lowest BCUT2D eigenvalue weighted by atomic mass is 10.2. The fourth-order valence-corrected chi connectivity index (χ4v) is 2.46. The lowest BCUT2D eigenvalue weighted by Gasteiger charge is -2.09. The van der Waals surface area contributed by atoms with Crippen LogP contribution in [-0.2, 0) is 26.0 Å². The third kappa shape index (κ3) is 3.08. The highest BCUT2D eigenvalue weighted by molar-refractivity contribution is 5.85. The van der Waals surface area contributed by atoms with Crippen LogP contribution in [0, 0.1) is 0 Å². The Labute approximate surface area is 124 Å². The van der Waals surface area contributed by atoms with Gasteiger partial charge in [0, 0.05) is 12.2 Å². The van der Waals surface area contributed by atoms with Crippen LogP contribution in [-0.4, -0.2) is 9.97 Å². The number of ether oxygens (including phenoxy) is 1. The summed E-state index contributed by atoms with van der Waals surface area (Å²) >= 11 is 0. The molecule has 20 heavy (non-hydrogen) atoms. The van der Waals surface area contributed by atoms with Crippen LogP contribution in [0.3, 0.4) is 0 Å². The lowest BCUT2D eigenvalue weighted by Crippen LogP contribution is -2.11.